The van der Waals surface area contributed by atoms with Gasteiger partial charge in [-0.2, -0.15) is 0 Å². The van der Waals surface area contributed by atoms with Crippen molar-refractivity contribution in [3.8, 4) is 0 Å². The lowest BCUT2D eigenvalue weighted by molar-refractivity contribution is 0.563. The van der Waals surface area contributed by atoms with Crippen molar-refractivity contribution < 1.29 is 4.79 Å². The Balaban J connectivity index is 0.000000293. The van der Waals surface area contributed by atoms with Gasteiger partial charge < -0.3 is 0 Å². The van der Waals surface area contributed by atoms with Crippen molar-refractivity contribution in [2.75, 3.05) is 0 Å². The normalized spacial score (nSPS) is 8.64. The second-order valence-corrected chi connectivity index (χ2v) is 2.97. The van der Waals surface area contributed by atoms with Gasteiger partial charge in [0.2, 0.25) is 6.08 Å². The lowest BCUT2D eigenvalue weighted by Crippen LogP contribution is -1.70. The van der Waals surface area contributed by atoms with Gasteiger partial charge in [0.1, 0.15) is 0 Å². The highest BCUT2D eigenvalue weighted by atomic mass is 35.5. The third-order valence-corrected chi connectivity index (χ3v) is 2.07. The summed E-state index contributed by atoms with van der Waals surface area (Å²) in [4.78, 5) is 8.35. The molecule has 0 bridgehead atoms. The van der Waals surface area contributed by atoms with Crippen molar-refractivity contribution in [1.82, 2.24) is 0 Å². The Bertz CT molecular complexity index is 456. The molecule has 0 amide bonds. The van der Waals surface area contributed by atoms with E-state index in [0.29, 0.717) is 0 Å². The molecule has 0 heterocycles. The summed E-state index contributed by atoms with van der Waals surface area (Å²) >= 11 is 5.96. The van der Waals surface area contributed by atoms with Crippen molar-refractivity contribution in [3.05, 3.63) is 47.5 Å². The van der Waals surface area contributed by atoms with Crippen LogP contribution in [-0.4, -0.2) is 6.08 Å². The summed E-state index contributed by atoms with van der Waals surface area (Å²) in [6, 6.07) is 14.0. The van der Waals surface area contributed by atoms with Crippen molar-refractivity contribution in [3.63, 3.8) is 0 Å². The highest BCUT2D eigenvalue weighted by Crippen LogP contribution is 2.21. The molecular weight excluding hydrogens is 198 g/mol. The first-order chi connectivity index (χ1) is 6.79. The van der Waals surface area contributed by atoms with E-state index in [1.807, 2.05) is 30.3 Å². The molecule has 2 nitrogen and oxygen atoms in total. The monoisotopic (exact) mass is 205 g/mol. The van der Waals surface area contributed by atoms with Crippen LogP contribution in [0.1, 0.15) is 0 Å². The Morgan fingerprint density at radius 3 is 2.29 bits per heavy atom. The fourth-order valence-electron chi connectivity index (χ4n) is 1.19. The zero-order valence-corrected chi connectivity index (χ0v) is 8.08. The molecule has 0 saturated heterocycles. The molecule has 2 aromatic rings. The Labute approximate surface area is 86.6 Å². The minimum absolute atomic E-state index is 0.750. The number of rotatable bonds is 0. The average molecular weight is 206 g/mol. The van der Waals surface area contributed by atoms with Gasteiger partial charge in [-0.1, -0.05) is 48.0 Å². The van der Waals surface area contributed by atoms with Crippen molar-refractivity contribution >= 4 is 28.5 Å². The van der Waals surface area contributed by atoms with E-state index < -0.39 is 0 Å². The smallest absolute Gasteiger partial charge is 0.222 e. The lowest BCUT2D eigenvalue weighted by atomic mass is 10.1. The summed E-state index contributed by atoms with van der Waals surface area (Å²) in [5, 5.41) is 8.54. The van der Waals surface area contributed by atoms with Gasteiger partial charge >= 0.3 is 0 Å². The molecule has 0 aliphatic heterocycles. The minimum Gasteiger partial charge on any atom is -0.222 e. The molecule has 2 rings (SSSR count). The van der Waals surface area contributed by atoms with Crippen LogP contribution >= 0.6 is 11.6 Å². The third kappa shape index (κ3) is 2.43. The number of hydrogen-bond donors (Lipinski definition) is 1. The number of isocyanates is 1. The SMILES string of the molecule is Clc1cccc2ccccc12.N=C=O. The van der Waals surface area contributed by atoms with Gasteiger partial charge in [-0.05, 0) is 11.5 Å². The predicted molar refractivity (Wildman–Crippen MR) is 57.4 cm³/mol. The molecule has 70 valence electrons. The number of carbonyl (C=O) groups excluding carboxylic acids is 1. The summed E-state index contributed by atoms with van der Waals surface area (Å²) in [5.74, 6) is 0. The molecule has 0 fully saturated rings. The summed E-state index contributed by atoms with van der Waals surface area (Å²) in [5.41, 5.74) is 0. The first-order valence-corrected chi connectivity index (χ1v) is 4.34. The molecule has 0 aromatic heterocycles. The van der Waals surface area contributed by atoms with Gasteiger partial charge in [-0.25, -0.2) is 10.2 Å². The maximum absolute atomic E-state index is 8.35. The number of hydrogen-bond acceptors (Lipinski definition) is 2. The van der Waals surface area contributed by atoms with E-state index in [1.165, 1.54) is 5.39 Å². The van der Waals surface area contributed by atoms with Crippen LogP contribution in [0, 0.1) is 5.41 Å². The number of benzene rings is 2. The summed E-state index contributed by atoms with van der Waals surface area (Å²) in [6.07, 6.45) is 0.750. The van der Waals surface area contributed by atoms with E-state index in [-0.39, 0.29) is 0 Å². The van der Waals surface area contributed by atoms with E-state index in [9.17, 15) is 0 Å². The highest BCUT2D eigenvalue weighted by molar-refractivity contribution is 6.35. The van der Waals surface area contributed by atoms with Crippen LogP contribution in [0.2, 0.25) is 5.02 Å². The Kier molecular flexibility index (Phi) is 3.86. The summed E-state index contributed by atoms with van der Waals surface area (Å²) in [7, 11) is 0. The highest BCUT2D eigenvalue weighted by Gasteiger charge is 1.93. The Morgan fingerprint density at radius 2 is 1.64 bits per heavy atom. The van der Waals surface area contributed by atoms with Crippen molar-refractivity contribution in [2.24, 2.45) is 0 Å². The number of fused-ring (bicyclic) bond motifs is 1. The lowest BCUT2D eigenvalue weighted by Gasteiger charge is -1.97. The molecule has 14 heavy (non-hydrogen) atoms. The van der Waals surface area contributed by atoms with E-state index in [2.05, 4.69) is 12.1 Å². The average Bonchev–Trinajstić information content (AvgIpc) is 2.20. The van der Waals surface area contributed by atoms with Gasteiger partial charge in [-0.15, -0.1) is 0 Å². The van der Waals surface area contributed by atoms with E-state index in [0.717, 1.165) is 16.5 Å². The van der Waals surface area contributed by atoms with Gasteiger partial charge in [0.15, 0.2) is 0 Å². The fraction of sp³-hybridized carbons (Fsp3) is 0. The maximum Gasteiger partial charge on any atom is 0.231 e. The Morgan fingerprint density at radius 1 is 1.07 bits per heavy atom. The molecule has 0 aliphatic rings. The summed E-state index contributed by atoms with van der Waals surface area (Å²) in [6.45, 7) is 0. The fourth-order valence-corrected chi connectivity index (χ4v) is 1.43. The molecule has 0 radical (unpaired) electrons. The first kappa shape index (κ1) is 10.5. The van der Waals surface area contributed by atoms with Gasteiger partial charge in [-0.3, -0.25) is 0 Å². The third-order valence-electron chi connectivity index (χ3n) is 1.74. The molecular formula is C11H8ClNO. The molecule has 0 unspecified atom stereocenters. The van der Waals surface area contributed by atoms with Gasteiger partial charge in [0.05, 0.1) is 0 Å². The van der Waals surface area contributed by atoms with Crippen LogP contribution < -0.4 is 0 Å². The quantitative estimate of drug-likeness (QED) is 0.520. The zero-order valence-electron chi connectivity index (χ0n) is 7.33. The standard InChI is InChI=1S/C10H7Cl.CHNO/c11-10-7-3-5-8-4-1-2-6-9(8)10;2-1-3/h1-7H;2H. The molecule has 2 aromatic carbocycles. The van der Waals surface area contributed by atoms with E-state index in [4.69, 9.17) is 21.8 Å². The van der Waals surface area contributed by atoms with E-state index >= 15 is 0 Å². The largest absolute Gasteiger partial charge is 0.231 e. The van der Waals surface area contributed by atoms with Crippen LogP contribution in [-0.2, 0) is 4.79 Å². The molecule has 0 atom stereocenters. The minimum atomic E-state index is 0.750. The second-order valence-electron chi connectivity index (χ2n) is 2.56. The van der Waals surface area contributed by atoms with Gasteiger partial charge in [0.25, 0.3) is 0 Å². The Hall–Kier alpha value is -1.63. The van der Waals surface area contributed by atoms with Crippen LogP contribution in [0.25, 0.3) is 10.8 Å². The van der Waals surface area contributed by atoms with Crippen LogP contribution in [0.5, 0.6) is 0 Å². The van der Waals surface area contributed by atoms with Crippen LogP contribution in [0.4, 0.5) is 0 Å². The van der Waals surface area contributed by atoms with E-state index in [1.54, 1.807) is 0 Å². The summed E-state index contributed by atoms with van der Waals surface area (Å²) < 4.78 is 0. The molecule has 1 N–H and O–H groups in total. The molecule has 0 spiro atoms. The first-order valence-electron chi connectivity index (χ1n) is 3.96. The maximum atomic E-state index is 8.35. The van der Waals surface area contributed by atoms with Crippen molar-refractivity contribution in [2.45, 2.75) is 0 Å². The number of nitrogens with one attached hydrogen (secondary N) is 1. The van der Waals surface area contributed by atoms with Crippen LogP contribution in [0.3, 0.4) is 0 Å². The number of halogens is 1. The molecule has 0 saturated carbocycles. The zero-order chi connectivity index (χ0) is 10.4. The molecule has 3 heteroatoms. The molecule has 0 aliphatic carbocycles. The van der Waals surface area contributed by atoms with Gasteiger partial charge in [0, 0.05) is 10.4 Å². The second kappa shape index (κ2) is 5.18. The van der Waals surface area contributed by atoms with Crippen LogP contribution in [0.15, 0.2) is 42.5 Å². The predicted octanol–water partition coefficient (Wildman–Crippen LogP) is 3.39. The van der Waals surface area contributed by atoms with Crippen molar-refractivity contribution in [1.29, 1.82) is 5.41 Å². The topological polar surface area (TPSA) is 40.9 Å².